The SMILES string of the molecule is CSCC(C)=C(CN=C(N)N(C)C)N1CCOCC1. The molecule has 0 aromatic rings. The van der Waals surface area contributed by atoms with Gasteiger partial charge in [0.15, 0.2) is 5.96 Å². The normalized spacial score (nSPS) is 18.3. The summed E-state index contributed by atoms with van der Waals surface area (Å²) in [4.78, 5) is 8.68. The number of hydrogen-bond acceptors (Lipinski definition) is 4. The van der Waals surface area contributed by atoms with Crippen LogP contribution in [0.15, 0.2) is 16.3 Å². The van der Waals surface area contributed by atoms with Crippen molar-refractivity contribution in [1.29, 1.82) is 0 Å². The summed E-state index contributed by atoms with van der Waals surface area (Å²) in [6.45, 7) is 6.31. The molecule has 0 spiro atoms. The highest BCUT2D eigenvalue weighted by atomic mass is 32.2. The van der Waals surface area contributed by atoms with Crippen LogP contribution in [0.5, 0.6) is 0 Å². The molecule has 0 aliphatic carbocycles. The van der Waals surface area contributed by atoms with Crippen LogP contribution in [-0.4, -0.2) is 74.7 Å². The number of nitrogens with two attached hydrogens (primary N) is 1. The molecule has 0 unspecified atom stereocenters. The first-order chi connectivity index (χ1) is 9.06. The number of nitrogens with zero attached hydrogens (tertiary/aromatic N) is 3. The van der Waals surface area contributed by atoms with Gasteiger partial charge in [0.1, 0.15) is 0 Å². The largest absolute Gasteiger partial charge is 0.378 e. The van der Waals surface area contributed by atoms with E-state index in [0.717, 1.165) is 32.1 Å². The van der Waals surface area contributed by atoms with Crippen LogP contribution in [-0.2, 0) is 4.74 Å². The molecule has 1 aliphatic heterocycles. The predicted molar refractivity (Wildman–Crippen MR) is 83.7 cm³/mol. The number of aliphatic imine (C=N–C) groups is 1. The third-order valence-electron chi connectivity index (χ3n) is 3.10. The maximum Gasteiger partial charge on any atom is 0.191 e. The fourth-order valence-electron chi connectivity index (χ4n) is 1.94. The first kappa shape index (κ1) is 16.2. The number of ether oxygens (including phenoxy) is 1. The van der Waals surface area contributed by atoms with Crippen molar-refractivity contribution < 1.29 is 4.74 Å². The van der Waals surface area contributed by atoms with Crippen molar-refractivity contribution in [3.63, 3.8) is 0 Å². The fourth-order valence-corrected chi connectivity index (χ4v) is 2.53. The smallest absolute Gasteiger partial charge is 0.191 e. The van der Waals surface area contributed by atoms with Gasteiger partial charge in [-0.15, -0.1) is 0 Å². The summed E-state index contributed by atoms with van der Waals surface area (Å²) in [6.07, 6.45) is 2.12. The Morgan fingerprint density at radius 3 is 2.53 bits per heavy atom. The van der Waals surface area contributed by atoms with E-state index in [-0.39, 0.29) is 0 Å². The first-order valence-corrected chi connectivity index (χ1v) is 7.93. The minimum absolute atomic E-state index is 0.572. The van der Waals surface area contributed by atoms with Crippen molar-refractivity contribution in [2.75, 3.05) is 59.0 Å². The van der Waals surface area contributed by atoms with Crippen LogP contribution in [0.3, 0.4) is 0 Å². The molecule has 0 atom stereocenters. The fraction of sp³-hybridized carbons (Fsp3) is 0.769. The highest BCUT2D eigenvalue weighted by molar-refractivity contribution is 7.98. The van der Waals surface area contributed by atoms with Crippen molar-refractivity contribution in [1.82, 2.24) is 9.80 Å². The molecule has 6 heteroatoms. The molecule has 5 nitrogen and oxygen atoms in total. The summed E-state index contributed by atoms with van der Waals surface area (Å²) in [6, 6.07) is 0. The molecule has 0 amide bonds. The van der Waals surface area contributed by atoms with Gasteiger partial charge in [-0.3, -0.25) is 0 Å². The number of morpholine rings is 1. The van der Waals surface area contributed by atoms with Crippen molar-refractivity contribution in [3.05, 3.63) is 11.3 Å². The lowest BCUT2D eigenvalue weighted by atomic mass is 10.2. The van der Waals surface area contributed by atoms with E-state index in [9.17, 15) is 0 Å². The van der Waals surface area contributed by atoms with Crippen LogP contribution < -0.4 is 5.73 Å². The molecule has 19 heavy (non-hydrogen) atoms. The second-order valence-electron chi connectivity index (χ2n) is 4.83. The number of rotatable bonds is 5. The van der Waals surface area contributed by atoms with E-state index >= 15 is 0 Å². The van der Waals surface area contributed by atoms with E-state index in [1.54, 1.807) is 0 Å². The summed E-state index contributed by atoms with van der Waals surface area (Å²) < 4.78 is 5.42. The molecule has 1 saturated heterocycles. The zero-order valence-electron chi connectivity index (χ0n) is 12.5. The van der Waals surface area contributed by atoms with E-state index in [2.05, 4.69) is 23.1 Å². The Labute approximate surface area is 120 Å². The summed E-state index contributed by atoms with van der Waals surface area (Å²) >= 11 is 1.84. The summed E-state index contributed by atoms with van der Waals surface area (Å²) in [5.41, 5.74) is 8.55. The lowest BCUT2D eigenvalue weighted by Crippen LogP contribution is -2.38. The molecule has 1 rings (SSSR count). The van der Waals surface area contributed by atoms with Gasteiger partial charge in [0.05, 0.1) is 19.8 Å². The zero-order valence-corrected chi connectivity index (χ0v) is 13.3. The molecule has 0 radical (unpaired) electrons. The number of hydrogen-bond donors (Lipinski definition) is 1. The van der Waals surface area contributed by atoms with Gasteiger partial charge in [-0.05, 0) is 18.8 Å². The maximum absolute atomic E-state index is 5.87. The summed E-state index contributed by atoms with van der Waals surface area (Å²) in [7, 11) is 3.82. The highest BCUT2D eigenvalue weighted by Gasteiger charge is 2.15. The first-order valence-electron chi connectivity index (χ1n) is 6.53. The van der Waals surface area contributed by atoms with E-state index < -0.39 is 0 Å². The van der Waals surface area contributed by atoms with E-state index in [1.807, 2.05) is 30.8 Å². The van der Waals surface area contributed by atoms with Gasteiger partial charge in [0.2, 0.25) is 0 Å². The molecule has 0 aromatic heterocycles. The van der Waals surface area contributed by atoms with Crippen LogP contribution in [0, 0.1) is 0 Å². The lowest BCUT2D eigenvalue weighted by molar-refractivity contribution is 0.0527. The van der Waals surface area contributed by atoms with Gasteiger partial charge in [-0.2, -0.15) is 11.8 Å². The molecular weight excluding hydrogens is 260 g/mol. The molecular formula is C13H26N4OS. The quantitative estimate of drug-likeness (QED) is 0.599. The monoisotopic (exact) mass is 286 g/mol. The van der Waals surface area contributed by atoms with Crippen molar-refractivity contribution in [2.24, 2.45) is 10.7 Å². The highest BCUT2D eigenvalue weighted by Crippen LogP contribution is 2.16. The second-order valence-corrected chi connectivity index (χ2v) is 5.69. The minimum Gasteiger partial charge on any atom is -0.378 e. The third-order valence-corrected chi connectivity index (χ3v) is 3.82. The molecule has 1 fully saturated rings. The van der Waals surface area contributed by atoms with Gasteiger partial charge in [0.25, 0.3) is 0 Å². The van der Waals surface area contributed by atoms with E-state index in [4.69, 9.17) is 10.5 Å². The van der Waals surface area contributed by atoms with Crippen molar-refractivity contribution in [2.45, 2.75) is 6.92 Å². The summed E-state index contributed by atoms with van der Waals surface area (Å²) in [5, 5.41) is 0. The van der Waals surface area contributed by atoms with Crippen molar-refractivity contribution >= 4 is 17.7 Å². The molecule has 110 valence electrons. The third kappa shape index (κ3) is 5.32. The summed E-state index contributed by atoms with van der Waals surface area (Å²) in [5.74, 6) is 1.60. The molecule has 1 aliphatic rings. The van der Waals surface area contributed by atoms with Crippen molar-refractivity contribution in [3.8, 4) is 0 Å². The second kappa shape index (κ2) is 8.32. The van der Waals surface area contributed by atoms with Gasteiger partial charge < -0.3 is 20.3 Å². The number of thioether (sulfide) groups is 1. The van der Waals surface area contributed by atoms with Crippen LogP contribution in [0.4, 0.5) is 0 Å². The van der Waals surface area contributed by atoms with Crippen LogP contribution >= 0.6 is 11.8 Å². The topological polar surface area (TPSA) is 54.1 Å². The van der Waals surface area contributed by atoms with Gasteiger partial charge >= 0.3 is 0 Å². The van der Waals surface area contributed by atoms with Crippen LogP contribution in [0.2, 0.25) is 0 Å². The van der Waals surface area contributed by atoms with Crippen LogP contribution in [0.1, 0.15) is 6.92 Å². The standard InChI is InChI=1S/C13H26N4OS/c1-11(10-19-4)12(9-15-13(14)16(2)3)17-5-7-18-8-6-17/h5-10H2,1-4H3,(H2,14,15). The molecule has 1 heterocycles. The molecule has 0 bridgehead atoms. The van der Waals surface area contributed by atoms with Crippen LogP contribution in [0.25, 0.3) is 0 Å². The van der Waals surface area contributed by atoms with E-state index in [0.29, 0.717) is 12.5 Å². The Hall–Kier alpha value is -0.880. The van der Waals surface area contributed by atoms with Gasteiger partial charge in [-0.25, -0.2) is 4.99 Å². The average Bonchev–Trinajstić information content (AvgIpc) is 2.40. The maximum atomic E-state index is 5.87. The Morgan fingerprint density at radius 1 is 1.37 bits per heavy atom. The zero-order chi connectivity index (χ0) is 14.3. The predicted octanol–water partition coefficient (Wildman–Crippen LogP) is 0.832. The molecule has 0 aromatic carbocycles. The van der Waals surface area contributed by atoms with Gasteiger partial charge in [0, 0.05) is 38.6 Å². The van der Waals surface area contributed by atoms with Gasteiger partial charge in [-0.1, -0.05) is 0 Å². The Bertz CT molecular complexity index is 336. The Morgan fingerprint density at radius 2 is 2.00 bits per heavy atom. The lowest BCUT2D eigenvalue weighted by Gasteiger charge is -2.32. The molecule has 0 saturated carbocycles. The Kier molecular flexibility index (Phi) is 7.09. The molecule has 2 N–H and O–H groups in total. The average molecular weight is 286 g/mol. The minimum atomic E-state index is 0.572. The van der Waals surface area contributed by atoms with E-state index in [1.165, 1.54) is 11.3 Å². The Balaban J connectivity index is 2.80. The number of guanidine groups is 1.